The van der Waals surface area contributed by atoms with Gasteiger partial charge in [-0.25, -0.2) is 9.37 Å². The molecule has 0 bridgehead atoms. The lowest BCUT2D eigenvalue weighted by Gasteiger charge is -2.17. The fourth-order valence-corrected chi connectivity index (χ4v) is 3.04. The monoisotopic (exact) mass is 571 g/mol. The van der Waals surface area contributed by atoms with E-state index in [-0.39, 0.29) is 16.5 Å². The number of hydrogen-bond donors (Lipinski definition) is 1. The lowest BCUT2D eigenvalue weighted by Crippen LogP contribution is -2.19. The zero-order valence-electron chi connectivity index (χ0n) is 19.7. The van der Waals surface area contributed by atoms with Gasteiger partial charge in [0.05, 0.1) is 16.7 Å². The fourth-order valence-electron chi connectivity index (χ4n) is 2.70. The summed E-state index contributed by atoms with van der Waals surface area (Å²) in [5.74, 6) is -7.03. The van der Waals surface area contributed by atoms with Gasteiger partial charge in [0.2, 0.25) is 0 Å². The second kappa shape index (κ2) is 9.98. The summed E-state index contributed by atoms with van der Waals surface area (Å²) in [4.78, 5) is 16.7. The van der Waals surface area contributed by atoms with Crippen LogP contribution in [0.2, 0.25) is 0 Å². The number of nitrogens with one attached hydrogen (secondary N) is 1. The molecule has 0 radical (unpaired) electrons. The van der Waals surface area contributed by atoms with Crippen LogP contribution in [-0.2, 0) is 6.18 Å². The molecule has 1 aromatic heterocycles. The normalized spacial score (nSPS) is 13.3. The molecule has 14 heteroatoms. The molecule has 1 amide bonds. The molecule has 0 aliphatic rings. The van der Waals surface area contributed by atoms with E-state index in [0.29, 0.717) is 18.2 Å². The first kappa shape index (κ1) is 21.9. The van der Waals surface area contributed by atoms with Gasteiger partial charge in [-0.3, -0.25) is 4.79 Å². The first-order valence-electron chi connectivity index (χ1n) is 10.5. The van der Waals surface area contributed by atoms with Crippen LogP contribution in [0, 0.1) is 5.82 Å². The van der Waals surface area contributed by atoms with Gasteiger partial charge in [0, 0.05) is 6.07 Å². The van der Waals surface area contributed by atoms with Gasteiger partial charge in [0.15, 0.2) is 17.3 Å². The number of anilines is 1. The van der Waals surface area contributed by atoms with E-state index >= 15 is 4.39 Å². The van der Waals surface area contributed by atoms with Gasteiger partial charge in [0.1, 0.15) is 27.5 Å². The van der Waals surface area contributed by atoms with E-state index in [1.807, 2.05) is 0 Å². The Kier molecular flexibility index (Phi) is 6.26. The minimum absolute atomic E-state index is 0.188. The van der Waals surface area contributed by atoms with E-state index in [0.717, 1.165) is 6.07 Å². The quantitative estimate of drug-likeness (QED) is 0.256. The Balaban J connectivity index is 2.10. The van der Waals surface area contributed by atoms with Crippen LogP contribution in [0.5, 0.6) is 23.0 Å². The van der Waals surface area contributed by atoms with E-state index in [1.54, 1.807) is 0 Å². The Labute approximate surface area is 205 Å². The van der Waals surface area contributed by atoms with Crippen molar-refractivity contribution in [3.63, 3.8) is 0 Å². The SMILES string of the molecule is [2H]C([2H])([2H])Oc1cc(OC(F)(F)F)ccc1Oc1ccc(C(F)(F)F)c(F)c1C(=O)Nc1cccc(Br)n1. The van der Waals surface area contributed by atoms with Crippen LogP contribution < -0.4 is 19.5 Å². The third-order valence-corrected chi connectivity index (χ3v) is 4.51. The lowest BCUT2D eigenvalue weighted by atomic mass is 10.1. The molecule has 0 aliphatic carbocycles. The van der Waals surface area contributed by atoms with Gasteiger partial charge in [-0.1, -0.05) is 6.07 Å². The average molecular weight is 572 g/mol. The van der Waals surface area contributed by atoms with Crippen molar-refractivity contribution in [2.24, 2.45) is 0 Å². The standard InChI is InChI=1S/C21H12BrF7N2O4/c1-33-14-9-10(35-21(27,28)29)5-7-12(14)34-13-8-6-11(20(24,25)26)18(23)17(13)19(32)31-16-4-2-3-15(22)30-16/h2-9H,1H3,(H,30,31,32)/i1D3. The van der Waals surface area contributed by atoms with E-state index in [2.05, 4.69) is 35.7 Å². The highest BCUT2D eigenvalue weighted by Crippen LogP contribution is 2.40. The van der Waals surface area contributed by atoms with Crippen molar-refractivity contribution in [1.82, 2.24) is 4.98 Å². The molecular formula is C21H12BrF7N2O4. The molecule has 0 unspecified atom stereocenters. The number of ether oxygens (including phenoxy) is 3. The first-order valence-corrected chi connectivity index (χ1v) is 9.82. The maximum atomic E-state index is 15.0. The minimum Gasteiger partial charge on any atom is -0.493 e. The summed E-state index contributed by atoms with van der Waals surface area (Å²) < 4.78 is 128. The van der Waals surface area contributed by atoms with Crippen molar-refractivity contribution >= 4 is 27.7 Å². The Morgan fingerprint density at radius 1 is 1.03 bits per heavy atom. The molecule has 186 valence electrons. The van der Waals surface area contributed by atoms with Gasteiger partial charge in [-0.2, -0.15) is 13.2 Å². The lowest BCUT2D eigenvalue weighted by molar-refractivity contribution is -0.274. The predicted molar refractivity (Wildman–Crippen MR) is 111 cm³/mol. The summed E-state index contributed by atoms with van der Waals surface area (Å²) in [5, 5.41) is 2.10. The number of alkyl halides is 6. The summed E-state index contributed by atoms with van der Waals surface area (Å²) in [5.41, 5.74) is -3.10. The molecule has 0 aliphatic heterocycles. The van der Waals surface area contributed by atoms with Gasteiger partial charge in [0.25, 0.3) is 5.91 Å². The van der Waals surface area contributed by atoms with Crippen molar-refractivity contribution in [2.75, 3.05) is 12.4 Å². The molecule has 0 fully saturated rings. The molecule has 0 saturated carbocycles. The van der Waals surface area contributed by atoms with Crippen molar-refractivity contribution in [3.05, 3.63) is 70.1 Å². The highest BCUT2D eigenvalue weighted by molar-refractivity contribution is 9.10. The van der Waals surface area contributed by atoms with E-state index in [9.17, 15) is 31.1 Å². The maximum Gasteiger partial charge on any atom is 0.573 e. The number of rotatable bonds is 6. The van der Waals surface area contributed by atoms with Gasteiger partial charge < -0.3 is 19.5 Å². The smallest absolute Gasteiger partial charge is 0.493 e. The van der Waals surface area contributed by atoms with Crippen LogP contribution in [0.1, 0.15) is 20.0 Å². The highest BCUT2D eigenvalue weighted by atomic mass is 79.9. The minimum atomic E-state index is -5.22. The molecule has 35 heavy (non-hydrogen) atoms. The maximum absolute atomic E-state index is 15.0. The number of carbonyl (C=O) groups is 1. The summed E-state index contributed by atoms with van der Waals surface area (Å²) in [7, 11) is -3.23. The zero-order valence-corrected chi connectivity index (χ0v) is 18.3. The van der Waals surface area contributed by atoms with Crippen molar-refractivity contribution in [3.8, 4) is 23.0 Å². The largest absolute Gasteiger partial charge is 0.573 e. The van der Waals surface area contributed by atoms with Gasteiger partial charge in [-0.15, -0.1) is 13.2 Å². The van der Waals surface area contributed by atoms with Crippen LogP contribution in [0.25, 0.3) is 0 Å². The van der Waals surface area contributed by atoms with Crippen LogP contribution >= 0.6 is 15.9 Å². The van der Waals surface area contributed by atoms with Crippen LogP contribution in [0.4, 0.5) is 36.6 Å². The van der Waals surface area contributed by atoms with Crippen LogP contribution in [0.3, 0.4) is 0 Å². The summed E-state index contributed by atoms with van der Waals surface area (Å²) in [6, 6.07) is 6.80. The molecule has 2 aromatic carbocycles. The average Bonchev–Trinajstić information content (AvgIpc) is 2.72. The summed E-state index contributed by atoms with van der Waals surface area (Å²) in [6.07, 6.45) is -10.4. The van der Waals surface area contributed by atoms with Crippen molar-refractivity contribution in [2.45, 2.75) is 12.5 Å². The number of aromatic nitrogens is 1. The number of halogens is 8. The number of hydrogen-bond acceptors (Lipinski definition) is 5. The predicted octanol–water partition coefficient (Wildman–Crippen LogP) is 6.95. The Morgan fingerprint density at radius 2 is 1.74 bits per heavy atom. The molecule has 6 nitrogen and oxygen atoms in total. The first-order chi connectivity index (χ1) is 17.4. The Hall–Kier alpha value is -3.55. The second-order valence-electron chi connectivity index (χ2n) is 6.46. The molecule has 0 saturated heterocycles. The van der Waals surface area contributed by atoms with E-state index < -0.39 is 65.4 Å². The van der Waals surface area contributed by atoms with Crippen LogP contribution in [0.15, 0.2) is 53.1 Å². The molecule has 1 N–H and O–H groups in total. The van der Waals surface area contributed by atoms with Crippen molar-refractivity contribution in [1.29, 1.82) is 0 Å². The second-order valence-corrected chi connectivity index (χ2v) is 7.27. The van der Waals surface area contributed by atoms with Crippen LogP contribution in [-0.4, -0.2) is 24.3 Å². The molecular weight excluding hydrogens is 557 g/mol. The number of pyridine rings is 1. The molecule has 3 aromatic rings. The molecule has 0 spiro atoms. The zero-order chi connectivity index (χ0) is 28.5. The number of methoxy groups -OCH3 is 1. The Bertz CT molecular complexity index is 1350. The molecule has 3 rings (SSSR count). The third-order valence-electron chi connectivity index (χ3n) is 4.07. The van der Waals surface area contributed by atoms with Gasteiger partial charge in [-0.05, 0) is 52.3 Å². The third kappa shape index (κ3) is 6.53. The fraction of sp³-hybridized carbons (Fsp3) is 0.143. The number of amides is 1. The van der Waals surface area contributed by atoms with Crippen molar-refractivity contribution < 1.29 is 53.9 Å². The number of nitrogens with zero attached hydrogens (tertiary/aromatic N) is 1. The topological polar surface area (TPSA) is 69.7 Å². The van der Waals surface area contributed by atoms with Gasteiger partial charge >= 0.3 is 12.5 Å². The molecule has 1 heterocycles. The number of benzene rings is 2. The number of carbonyl (C=O) groups excluding carboxylic acids is 1. The Morgan fingerprint density at radius 3 is 2.37 bits per heavy atom. The highest BCUT2D eigenvalue weighted by Gasteiger charge is 2.38. The molecule has 0 atom stereocenters. The van der Waals surface area contributed by atoms with E-state index in [4.69, 9.17) is 8.85 Å². The summed E-state index contributed by atoms with van der Waals surface area (Å²) >= 11 is 3.02. The summed E-state index contributed by atoms with van der Waals surface area (Å²) in [6.45, 7) is 0. The van der Waals surface area contributed by atoms with E-state index in [1.165, 1.54) is 18.2 Å².